The monoisotopic (exact) mass is 700 g/mol. The van der Waals surface area contributed by atoms with Crippen LogP contribution in [0, 0.1) is 29.1 Å². The first-order chi connectivity index (χ1) is 23.5. The number of esters is 4. The molecule has 4 aliphatic carbocycles. The van der Waals surface area contributed by atoms with Gasteiger partial charge < -0.3 is 24.1 Å². The average molecular weight is 701 g/mol. The van der Waals surface area contributed by atoms with Gasteiger partial charge in [0.15, 0.2) is 11.2 Å². The van der Waals surface area contributed by atoms with Crippen molar-refractivity contribution in [2.75, 3.05) is 6.61 Å². The maximum atomic E-state index is 14.0. The summed E-state index contributed by atoms with van der Waals surface area (Å²) in [5, 5.41) is 13.2. The van der Waals surface area contributed by atoms with Gasteiger partial charge in [-0.2, -0.15) is 0 Å². The highest BCUT2D eigenvalue weighted by Crippen LogP contribution is 2.77. The molecule has 280 valence electrons. The highest BCUT2D eigenvalue weighted by molar-refractivity contribution is 6.06. The third-order valence-electron chi connectivity index (χ3n) is 12.1. The zero-order valence-electron chi connectivity index (χ0n) is 31.6. The molecule has 4 rings (SSSR count). The van der Waals surface area contributed by atoms with Gasteiger partial charge in [0.05, 0.1) is 11.5 Å². The number of carbonyl (C=O) groups excluding carboxylic acids is 5. The highest BCUT2D eigenvalue weighted by atomic mass is 16.6. The van der Waals surface area contributed by atoms with Gasteiger partial charge in [0.1, 0.15) is 12.7 Å². The third-order valence-corrected chi connectivity index (χ3v) is 12.1. The van der Waals surface area contributed by atoms with Gasteiger partial charge in [0.2, 0.25) is 5.78 Å². The van der Waals surface area contributed by atoms with Crippen molar-refractivity contribution >= 4 is 29.7 Å². The Balaban J connectivity index is 1.62. The zero-order valence-corrected chi connectivity index (χ0v) is 31.6. The van der Waals surface area contributed by atoms with E-state index < -0.39 is 81.7 Å². The molecule has 0 spiro atoms. The van der Waals surface area contributed by atoms with E-state index in [0.29, 0.717) is 17.6 Å². The van der Waals surface area contributed by atoms with Gasteiger partial charge in [-0.05, 0) is 24.5 Å². The van der Waals surface area contributed by atoms with E-state index in [-0.39, 0.29) is 19.4 Å². The molecule has 0 heterocycles. The molecular formula is C40H60O10. The summed E-state index contributed by atoms with van der Waals surface area (Å²) in [5.41, 5.74) is -4.78. The topological polar surface area (TPSA) is 143 Å². The van der Waals surface area contributed by atoms with Crippen molar-refractivity contribution in [2.45, 2.75) is 162 Å². The lowest BCUT2D eigenvalue weighted by Gasteiger charge is -2.53. The normalized spacial score (nSPS) is 33.5. The first-order valence-corrected chi connectivity index (χ1v) is 18.9. The van der Waals surface area contributed by atoms with Crippen LogP contribution in [0.25, 0.3) is 0 Å². The first kappa shape index (κ1) is 39.8. The summed E-state index contributed by atoms with van der Waals surface area (Å²) in [6.45, 7) is 13.1. The Morgan fingerprint density at radius 3 is 1.94 bits per heavy atom. The summed E-state index contributed by atoms with van der Waals surface area (Å²) in [5.74, 6) is -5.80. The van der Waals surface area contributed by atoms with Crippen molar-refractivity contribution in [3.63, 3.8) is 0 Å². The molecule has 0 unspecified atom stereocenters. The predicted molar refractivity (Wildman–Crippen MR) is 186 cm³/mol. The molecule has 0 saturated heterocycles. The van der Waals surface area contributed by atoms with E-state index in [1.54, 1.807) is 26.0 Å². The lowest BCUT2D eigenvalue weighted by atomic mass is 9.59. The van der Waals surface area contributed by atoms with E-state index in [9.17, 15) is 29.1 Å². The molecular weight excluding hydrogens is 640 g/mol. The standard InChI is InChI=1S/C40H60O10/c1-9-10-11-12-13-14-15-16-17-18-19-20-33(44)48-36-26(3)39(46)31(34-37(7,8)40(34,36)50-29(6)43)22-30(24-47-27(4)41)23-38(49-28(5)42)32(39)21-25(2)35(38)45/h21-22,26,31-32,34,36,46H,9-20,23-24H2,1-8H3/t26-,31+,32-,34-,36-,38-,39-,40-/m1/s1. The van der Waals surface area contributed by atoms with E-state index in [1.165, 1.54) is 65.7 Å². The van der Waals surface area contributed by atoms with Crippen molar-refractivity contribution < 1.29 is 48.0 Å². The number of unbranched alkanes of at least 4 members (excludes halogenated alkanes) is 10. The van der Waals surface area contributed by atoms with Crippen LogP contribution in [0.15, 0.2) is 23.3 Å². The molecule has 10 heteroatoms. The third kappa shape index (κ3) is 7.33. The molecule has 2 fully saturated rings. The molecule has 10 nitrogen and oxygen atoms in total. The summed E-state index contributed by atoms with van der Waals surface area (Å²) in [7, 11) is 0. The van der Waals surface area contributed by atoms with Crippen molar-refractivity contribution in [3.05, 3.63) is 23.3 Å². The van der Waals surface area contributed by atoms with Crippen LogP contribution in [0.1, 0.15) is 139 Å². The first-order valence-electron chi connectivity index (χ1n) is 18.9. The molecule has 0 aromatic rings. The van der Waals surface area contributed by atoms with Crippen molar-refractivity contribution in [1.29, 1.82) is 0 Å². The fourth-order valence-electron chi connectivity index (χ4n) is 9.75. The van der Waals surface area contributed by atoms with Crippen LogP contribution in [0.4, 0.5) is 0 Å². The van der Waals surface area contributed by atoms with Gasteiger partial charge in [0.25, 0.3) is 0 Å². The van der Waals surface area contributed by atoms with E-state index in [2.05, 4.69) is 6.92 Å². The number of ether oxygens (including phenoxy) is 4. The molecule has 0 aliphatic heterocycles. The molecule has 0 bridgehead atoms. The summed E-state index contributed by atoms with van der Waals surface area (Å²) in [6, 6.07) is 0. The van der Waals surface area contributed by atoms with E-state index in [0.717, 1.165) is 19.3 Å². The van der Waals surface area contributed by atoms with Gasteiger partial charge >= 0.3 is 23.9 Å². The molecule has 0 radical (unpaired) electrons. The number of Topliss-reactive ketones (excluding diaryl/α,β-unsaturated/α-hetero) is 1. The molecule has 50 heavy (non-hydrogen) atoms. The van der Waals surface area contributed by atoms with E-state index >= 15 is 0 Å². The second kappa shape index (κ2) is 15.7. The summed E-state index contributed by atoms with van der Waals surface area (Å²) < 4.78 is 23.8. The lowest BCUT2D eigenvalue weighted by molar-refractivity contribution is -0.231. The Kier molecular flexibility index (Phi) is 12.5. The second-order valence-electron chi connectivity index (χ2n) is 15.9. The SMILES string of the molecule is CCCCCCCCCCCCCC(=O)O[C@@H]1[C@@H](C)[C@@]2(O)[C@@H](C=C(COC(C)=O)C[C@]3(OC(C)=O)C(=O)C(C)=C[C@@H]23)[C@@H]2C(C)(C)[C@]12OC(C)=O. The van der Waals surface area contributed by atoms with Crippen LogP contribution in [-0.4, -0.2) is 64.3 Å². The number of hydrogen-bond acceptors (Lipinski definition) is 10. The fourth-order valence-corrected chi connectivity index (χ4v) is 9.75. The maximum Gasteiger partial charge on any atom is 0.306 e. The Bertz CT molecular complexity index is 1380. The van der Waals surface area contributed by atoms with Crippen LogP contribution in [0.3, 0.4) is 0 Å². The van der Waals surface area contributed by atoms with Crippen LogP contribution < -0.4 is 0 Å². The Hall–Kier alpha value is -3.01. The summed E-state index contributed by atoms with van der Waals surface area (Å²) >= 11 is 0. The Morgan fingerprint density at radius 2 is 1.40 bits per heavy atom. The second-order valence-corrected chi connectivity index (χ2v) is 15.9. The molecule has 0 aromatic carbocycles. The van der Waals surface area contributed by atoms with Gasteiger partial charge in [-0.15, -0.1) is 0 Å². The predicted octanol–water partition coefficient (Wildman–Crippen LogP) is 6.89. The smallest absolute Gasteiger partial charge is 0.306 e. The molecule has 1 N–H and O–H groups in total. The minimum absolute atomic E-state index is 0.0975. The summed E-state index contributed by atoms with van der Waals surface area (Å²) in [6.07, 6.45) is 15.1. The van der Waals surface area contributed by atoms with Crippen molar-refractivity contribution in [1.82, 2.24) is 0 Å². The van der Waals surface area contributed by atoms with Crippen molar-refractivity contribution in [3.8, 4) is 0 Å². The number of hydrogen-bond donors (Lipinski definition) is 1. The molecule has 0 amide bonds. The van der Waals surface area contributed by atoms with Crippen LogP contribution in [0.5, 0.6) is 0 Å². The largest absolute Gasteiger partial charge is 0.461 e. The highest BCUT2D eigenvalue weighted by Gasteiger charge is 2.88. The average Bonchev–Trinajstić information content (AvgIpc) is 3.44. The maximum absolute atomic E-state index is 14.0. The number of carbonyl (C=O) groups is 5. The van der Waals surface area contributed by atoms with Crippen LogP contribution in [0.2, 0.25) is 0 Å². The summed E-state index contributed by atoms with van der Waals surface area (Å²) in [4.78, 5) is 64.8. The number of ketones is 1. The lowest BCUT2D eigenvalue weighted by Crippen LogP contribution is -2.66. The van der Waals surface area contributed by atoms with Gasteiger partial charge in [-0.1, -0.05) is 104 Å². The molecule has 2 saturated carbocycles. The van der Waals surface area contributed by atoms with Gasteiger partial charge in [-0.3, -0.25) is 24.0 Å². The van der Waals surface area contributed by atoms with Gasteiger partial charge in [0, 0.05) is 56.8 Å². The molecule has 8 atom stereocenters. The van der Waals surface area contributed by atoms with Crippen LogP contribution in [-0.2, 0) is 42.9 Å². The zero-order chi connectivity index (χ0) is 37.1. The number of rotatable bonds is 17. The molecule has 0 aromatic heterocycles. The quantitative estimate of drug-likeness (QED) is 0.0737. The fraction of sp³-hybridized carbons (Fsp3) is 0.775. The van der Waals surface area contributed by atoms with E-state index in [4.69, 9.17) is 18.9 Å². The number of aliphatic hydroxyl groups is 1. The minimum atomic E-state index is -1.80. The Morgan fingerprint density at radius 1 is 0.840 bits per heavy atom. The van der Waals surface area contributed by atoms with Gasteiger partial charge in [-0.25, -0.2) is 0 Å². The van der Waals surface area contributed by atoms with Crippen LogP contribution >= 0.6 is 0 Å². The number of fused-ring (bicyclic) bond motifs is 5. The van der Waals surface area contributed by atoms with E-state index in [1.807, 2.05) is 13.8 Å². The molecule has 4 aliphatic rings. The van der Waals surface area contributed by atoms with Crippen molar-refractivity contribution in [2.24, 2.45) is 29.1 Å². The Labute approximate surface area is 298 Å². The minimum Gasteiger partial charge on any atom is -0.461 e.